The second-order valence-corrected chi connectivity index (χ2v) is 5.09. The molecule has 1 fully saturated rings. The number of carbonyl (C=O) groups is 1. The van der Waals surface area contributed by atoms with Gasteiger partial charge in [0.1, 0.15) is 6.61 Å². The third kappa shape index (κ3) is 2.54. The van der Waals surface area contributed by atoms with Crippen LogP contribution in [0.25, 0.3) is 0 Å². The first-order valence-electron chi connectivity index (χ1n) is 5.99. The molecule has 2 rings (SSSR count). The predicted molar refractivity (Wildman–Crippen MR) is 65.2 cm³/mol. The number of ether oxygens (including phenoxy) is 1. The van der Waals surface area contributed by atoms with E-state index in [0.29, 0.717) is 0 Å². The van der Waals surface area contributed by atoms with E-state index < -0.39 is 5.97 Å². The number of carboxylic acid groups (broad SMARTS) is 1. The Bertz CT molecular complexity index is 438. The first-order chi connectivity index (χ1) is 8.41. The van der Waals surface area contributed by atoms with E-state index in [1.807, 2.05) is 24.7 Å². The average molecular weight is 253 g/mol. The molecule has 1 aromatic rings. The van der Waals surface area contributed by atoms with Gasteiger partial charge in [-0.05, 0) is 19.9 Å². The fourth-order valence-corrected chi connectivity index (χ4v) is 2.39. The monoisotopic (exact) mass is 253 g/mol. The highest BCUT2D eigenvalue weighted by molar-refractivity contribution is 5.68. The van der Waals surface area contributed by atoms with Crippen molar-refractivity contribution in [1.82, 2.24) is 14.7 Å². The number of carboxylic acids is 1. The zero-order chi connectivity index (χ0) is 13.3. The smallest absolute Gasteiger partial charge is 0.329 e. The summed E-state index contributed by atoms with van der Waals surface area (Å²) in [6.07, 6.45) is 1.78. The van der Waals surface area contributed by atoms with Crippen molar-refractivity contribution in [2.45, 2.75) is 25.5 Å². The Labute approximate surface area is 106 Å². The van der Waals surface area contributed by atoms with E-state index in [-0.39, 0.29) is 18.2 Å². The van der Waals surface area contributed by atoms with Gasteiger partial charge in [0.15, 0.2) is 0 Å². The van der Waals surface area contributed by atoms with Gasteiger partial charge >= 0.3 is 5.97 Å². The molecular formula is C12H19N3O3. The van der Waals surface area contributed by atoms with Gasteiger partial charge in [-0.2, -0.15) is 5.10 Å². The van der Waals surface area contributed by atoms with Crippen LogP contribution in [0.1, 0.15) is 25.6 Å². The van der Waals surface area contributed by atoms with Crippen LogP contribution < -0.4 is 0 Å². The molecule has 1 aliphatic rings. The Kier molecular flexibility index (Phi) is 3.41. The Morgan fingerprint density at radius 2 is 2.33 bits per heavy atom. The van der Waals surface area contributed by atoms with Crippen molar-refractivity contribution in [3.05, 3.63) is 18.0 Å². The summed E-state index contributed by atoms with van der Waals surface area (Å²) >= 11 is 0. The molecule has 18 heavy (non-hydrogen) atoms. The van der Waals surface area contributed by atoms with Crippen LogP contribution in [0.15, 0.2) is 12.3 Å². The number of hydrogen-bond donors (Lipinski definition) is 1. The molecule has 1 aromatic heterocycles. The van der Waals surface area contributed by atoms with Crippen LogP contribution in [-0.4, -0.2) is 51.1 Å². The number of hydrogen-bond acceptors (Lipinski definition) is 4. The molecule has 0 amide bonds. The van der Waals surface area contributed by atoms with E-state index in [4.69, 9.17) is 9.84 Å². The molecule has 6 heteroatoms. The van der Waals surface area contributed by atoms with Crippen molar-refractivity contribution in [2.75, 3.05) is 19.7 Å². The van der Waals surface area contributed by atoms with Crippen LogP contribution >= 0.6 is 0 Å². The van der Waals surface area contributed by atoms with Gasteiger partial charge in [-0.3, -0.25) is 9.58 Å². The van der Waals surface area contributed by atoms with E-state index >= 15 is 0 Å². The highest BCUT2D eigenvalue weighted by Gasteiger charge is 2.42. The molecule has 0 radical (unpaired) electrons. The van der Waals surface area contributed by atoms with Gasteiger partial charge in [-0.15, -0.1) is 0 Å². The first-order valence-corrected chi connectivity index (χ1v) is 5.99. The fraction of sp³-hybridized carbons (Fsp3) is 0.667. The highest BCUT2D eigenvalue weighted by atomic mass is 16.5. The van der Waals surface area contributed by atoms with Crippen molar-refractivity contribution in [1.29, 1.82) is 0 Å². The van der Waals surface area contributed by atoms with Crippen LogP contribution in [-0.2, 0) is 16.6 Å². The van der Waals surface area contributed by atoms with E-state index in [9.17, 15) is 4.79 Å². The van der Waals surface area contributed by atoms with Gasteiger partial charge < -0.3 is 9.84 Å². The summed E-state index contributed by atoms with van der Waals surface area (Å²) < 4.78 is 7.25. The third-order valence-electron chi connectivity index (χ3n) is 3.45. The maximum absolute atomic E-state index is 10.5. The lowest BCUT2D eigenvalue weighted by atomic mass is 9.93. The molecule has 0 aliphatic carbocycles. The molecular weight excluding hydrogens is 234 g/mol. The second-order valence-electron chi connectivity index (χ2n) is 5.09. The molecule has 1 N–H and O–H groups in total. The number of likely N-dealkylation sites (tertiary alicyclic amines) is 1. The third-order valence-corrected chi connectivity index (χ3v) is 3.45. The standard InChI is InChI=1S/C12H19N3O3/c1-9(10-4-5-13-14(10)3)15-7-12(2,8-15)18-6-11(16)17/h4-5,9H,6-8H2,1-3H3,(H,16,17). The van der Waals surface area contributed by atoms with Crippen LogP contribution in [0, 0.1) is 0 Å². The summed E-state index contributed by atoms with van der Waals surface area (Å²) in [5, 5.41) is 12.8. The van der Waals surface area contributed by atoms with Gasteiger partial charge in [0.05, 0.1) is 11.3 Å². The molecule has 2 heterocycles. The van der Waals surface area contributed by atoms with Gasteiger partial charge in [-0.1, -0.05) is 0 Å². The minimum Gasteiger partial charge on any atom is -0.480 e. The number of aromatic nitrogens is 2. The zero-order valence-corrected chi connectivity index (χ0v) is 11.0. The molecule has 6 nitrogen and oxygen atoms in total. The summed E-state index contributed by atoms with van der Waals surface area (Å²) in [4.78, 5) is 12.7. The molecule has 1 atom stereocenters. The summed E-state index contributed by atoms with van der Waals surface area (Å²) in [7, 11) is 1.92. The van der Waals surface area contributed by atoms with E-state index in [0.717, 1.165) is 18.8 Å². The Morgan fingerprint density at radius 3 is 2.83 bits per heavy atom. The Morgan fingerprint density at radius 1 is 1.67 bits per heavy atom. The number of aryl methyl sites for hydroxylation is 1. The minimum atomic E-state index is -0.922. The lowest BCUT2D eigenvalue weighted by molar-refractivity contribution is -0.169. The largest absolute Gasteiger partial charge is 0.480 e. The van der Waals surface area contributed by atoms with Crippen molar-refractivity contribution in [3.8, 4) is 0 Å². The van der Waals surface area contributed by atoms with Gasteiger partial charge in [0.2, 0.25) is 0 Å². The van der Waals surface area contributed by atoms with Crippen molar-refractivity contribution >= 4 is 5.97 Å². The van der Waals surface area contributed by atoms with Crippen molar-refractivity contribution < 1.29 is 14.6 Å². The van der Waals surface area contributed by atoms with E-state index in [2.05, 4.69) is 16.9 Å². The molecule has 1 aliphatic heterocycles. The van der Waals surface area contributed by atoms with E-state index in [1.165, 1.54) is 0 Å². The molecule has 0 bridgehead atoms. The molecule has 0 spiro atoms. The Hall–Kier alpha value is -1.40. The quantitative estimate of drug-likeness (QED) is 0.834. The first kappa shape index (κ1) is 13.0. The van der Waals surface area contributed by atoms with Crippen molar-refractivity contribution in [3.63, 3.8) is 0 Å². The van der Waals surface area contributed by atoms with Gasteiger partial charge in [0, 0.05) is 32.4 Å². The topological polar surface area (TPSA) is 67.6 Å². The normalized spacial score (nSPS) is 20.4. The maximum Gasteiger partial charge on any atom is 0.329 e. The number of nitrogens with zero attached hydrogens (tertiary/aromatic N) is 3. The van der Waals surface area contributed by atoms with Crippen LogP contribution in [0.3, 0.4) is 0 Å². The highest BCUT2D eigenvalue weighted by Crippen LogP contribution is 2.32. The second kappa shape index (κ2) is 4.70. The van der Waals surface area contributed by atoms with Gasteiger partial charge in [-0.25, -0.2) is 4.79 Å². The molecule has 100 valence electrons. The molecule has 1 saturated heterocycles. The van der Waals surface area contributed by atoms with Crippen LogP contribution in [0.4, 0.5) is 0 Å². The average Bonchev–Trinajstić information content (AvgIpc) is 2.68. The fourth-order valence-electron chi connectivity index (χ4n) is 2.39. The molecule has 0 saturated carbocycles. The minimum absolute atomic E-state index is 0.232. The Balaban J connectivity index is 1.88. The van der Waals surface area contributed by atoms with Gasteiger partial charge in [0.25, 0.3) is 0 Å². The lowest BCUT2D eigenvalue weighted by Gasteiger charge is -2.50. The maximum atomic E-state index is 10.5. The molecule has 1 unspecified atom stereocenters. The van der Waals surface area contributed by atoms with E-state index in [1.54, 1.807) is 6.20 Å². The van der Waals surface area contributed by atoms with Crippen LogP contribution in [0.5, 0.6) is 0 Å². The van der Waals surface area contributed by atoms with Crippen molar-refractivity contribution in [2.24, 2.45) is 7.05 Å². The number of aliphatic carboxylic acids is 1. The summed E-state index contributed by atoms with van der Waals surface area (Å²) in [5.41, 5.74) is 0.806. The number of rotatable bonds is 5. The van der Waals surface area contributed by atoms with Crippen LogP contribution in [0.2, 0.25) is 0 Å². The summed E-state index contributed by atoms with van der Waals surface area (Å²) in [6.45, 7) is 5.32. The zero-order valence-electron chi connectivity index (χ0n) is 11.0. The molecule has 0 aromatic carbocycles. The summed E-state index contributed by atoms with van der Waals surface area (Å²) in [6, 6.07) is 2.26. The summed E-state index contributed by atoms with van der Waals surface area (Å²) in [5.74, 6) is -0.922. The predicted octanol–water partition coefficient (Wildman–Crippen LogP) is 0.657. The SMILES string of the molecule is CC(c1ccnn1C)N1CC(C)(OCC(=O)O)C1. The lowest BCUT2D eigenvalue weighted by Crippen LogP contribution is -2.62.